The van der Waals surface area contributed by atoms with Gasteiger partial charge in [0.2, 0.25) is 0 Å². The van der Waals surface area contributed by atoms with Gasteiger partial charge in [0.1, 0.15) is 18.3 Å². The van der Waals surface area contributed by atoms with Crippen molar-refractivity contribution in [2.24, 2.45) is 0 Å². The van der Waals surface area contributed by atoms with E-state index >= 15 is 0 Å². The summed E-state index contributed by atoms with van der Waals surface area (Å²) in [4.78, 5) is 13.5. The van der Waals surface area contributed by atoms with Gasteiger partial charge >= 0.3 is 12.3 Å². The molecule has 166 valence electrons. The SMILES string of the molecule is CC(C)(C)OC(=O)N1CCC(Nc2cccc3c2cc(I)n3CC(F)(F)F)[C@@H](F)C1. The Labute approximate surface area is 185 Å². The molecule has 1 fully saturated rings. The van der Waals surface area contributed by atoms with Crippen LogP contribution >= 0.6 is 22.6 Å². The van der Waals surface area contributed by atoms with E-state index in [0.29, 0.717) is 33.3 Å². The minimum Gasteiger partial charge on any atom is -0.444 e. The molecule has 1 aliphatic heterocycles. The third kappa shape index (κ3) is 5.50. The zero-order valence-corrected chi connectivity index (χ0v) is 19.1. The lowest BCUT2D eigenvalue weighted by Gasteiger charge is -2.36. The number of anilines is 1. The number of fused-ring (bicyclic) bond motifs is 1. The molecule has 1 amide bonds. The number of nitrogens with zero attached hydrogens (tertiary/aromatic N) is 2. The zero-order chi connectivity index (χ0) is 22.3. The van der Waals surface area contributed by atoms with Crippen molar-refractivity contribution in [3.05, 3.63) is 28.0 Å². The minimum atomic E-state index is -4.34. The number of carbonyl (C=O) groups is 1. The summed E-state index contributed by atoms with van der Waals surface area (Å²) in [6.07, 6.45) is -5.87. The van der Waals surface area contributed by atoms with Crippen molar-refractivity contribution >= 4 is 45.3 Å². The van der Waals surface area contributed by atoms with E-state index < -0.39 is 36.6 Å². The second-order valence-electron chi connectivity index (χ2n) is 8.39. The number of benzene rings is 1. The fraction of sp³-hybridized carbons (Fsp3) is 0.550. The monoisotopic (exact) mass is 541 g/mol. The first-order valence-electron chi connectivity index (χ1n) is 9.57. The molecule has 0 spiro atoms. The predicted molar refractivity (Wildman–Crippen MR) is 115 cm³/mol. The van der Waals surface area contributed by atoms with Crippen LogP contribution < -0.4 is 5.32 Å². The van der Waals surface area contributed by atoms with E-state index in [0.717, 1.165) is 0 Å². The largest absolute Gasteiger partial charge is 0.444 e. The van der Waals surface area contributed by atoms with Crippen LogP contribution in [0.15, 0.2) is 24.3 Å². The summed E-state index contributed by atoms with van der Waals surface area (Å²) < 4.78 is 60.5. The number of alkyl halides is 4. The van der Waals surface area contributed by atoms with Crippen LogP contribution in [0.1, 0.15) is 27.2 Å². The predicted octanol–water partition coefficient (Wildman–Crippen LogP) is 5.57. The van der Waals surface area contributed by atoms with E-state index in [9.17, 15) is 22.4 Å². The van der Waals surface area contributed by atoms with Gasteiger partial charge in [-0.05, 0) is 68.0 Å². The summed E-state index contributed by atoms with van der Waals surface area (Å²) >= 11 is 1.87. The molecule has 30 heavy (non-hydrogen) atoms. The first-order valence-corrected chi connectivity index (χ1v) is 10.6. The van der Waals surface area contributed by atoms with Crippen molar-refractivity contribution in [3.8, 4) is 0 Å². The number of piperidine rings is 1. The third-order valence-electron chi connectivity index (χ3n) is 4.77. The Balaban J connectivity index is 1.74. The van der Waals surface area contributed by atoms with Gasteiger partial charge in [0.25, 0.3) is 0 Å². The topological polar surface area (TPSA) is 46.5 Å². The minimum absolute atomic E-state index is 0.102. The molecule has 0 radical (unpaired) electrons. The van der Waals surface area contributed by atoms with Crippen molar-refractivity contribution in [3.63, 3.8) is 0 Å². The molecular weight excluding hydrogens is 517 g/mol. The molecule has 0 aliphatic carbocycles. The molecular formula is C20H24F4IN3O2. The van der Waals surface area contributed by atoms with Gasteiger partial charge in [-0.15, -0.1) is 0 Å². The average molecular weight is 541 g/mol. The highest BCUT2D eigenvalue weighted by Crippen LogP contribution is 2.32. The van der Waals surface area contributed by atoms with Gasteiger partial charge in [0.05, 0.1) is 21.8 Å². The molecule has 2 aromatic rings. The molecule has 2 heterocycles. The van der Waals surface area contributed by atoms with Gasteiger partial charge in [-0.25, -0.2) is 9.18 Å². The van der Waals surface area contributed by atoms with E-state index in [1.807, 2.05) is 22.6 Å². The van der Waals surface area contributed by atoms with Crippen LogP contribution in [0.5, 0.6) is 0 Å². The quantitative estimate of drug-likeness (QED) is 0.409. The Hall–Kier alpha value is -1.72. The summed E-state index contributed by atoms with van der Waals surface area (Å²) in [6, 6.07) is 6.09. The normalized spacial score (nSPS) is 20.5. The Kier molecular flexibility index (Phi) is 6.45. The van der Waals surface area contributed by atoms with Crippen LogP contribution in [0.2, 0.25) is 0 Å². The first kappa shape index (κ1) is 23.0. The highest BCUT2D eigenvalue weighted by molar-refractivity contribution is 14.1. The fourth-order valence-electron chi connectivity index (χ4n) is 3.48. The van der Waals surface area contributed by atoms with Crippen LogP contribution in [0, 0.1) is 3.70 Å². The Bertz CT molecular complexity index is 923. The summed E-state index contributed by atoms with van der Waals surface area (Å²) in [7, 11) is 0. The number of rotatable bonds is 3. The third-order valence-corrected chi connectivity index (χ3v) is 5.66. The van der Waals surface area contributed by atoms with Gasteiger partial charge in [-0.2, -0.15) is 13.2 Å². The van der Waals surface area contributed by atoms with Crippen LogP contribution in [0.4, 0.5) is 28.0 Å². The van der Waals surface area contributed by atoms with Gasteiger partial charge in [0.15, 0.2) is 0 Å². The summed E-state index contributed by atoms with van der Waals surface area (Å²) in [5, 5.41) is 3.74. The maximum atomic E-state index is 14.8. The summed E-state index contributed by atoms with van der Waals surface area (Å²) in [5.74, 6) is 0. The van der Waals surface area contributed by atoms with Gasteiger partial charge < -0.3 is 19.5 Å². The van der Waals surface area contributed by atoms with Crippen LogP contribution in [-0.4, -0.2) is 52.6 Å². The standard InChI is InChI=1S/C20H24F4IN3O2/c1-19(2,3)30-18(29)27-8-7-15(13(21)10-27)26-14-5-4-6-16-12(14)9-17(25)28(16)11-20(22,23)24/h4-6,9,13,15,26H,7-8,10-11H2,1-3H3/t13-,15?/m0/s1. The summed E-state index contributed by atoms with van der Waals surface area (Å²) in [6.45, 7) is 4.39. The second kappa shape index (κ2) is 8.43. The molecule has 1 aromatic carbocycles. The van der Waals surface area contributed by atoms with E-state index in [4.69, 9.17) is 4.74 Å². The number of hydrogen-bond acceptors (Lipinski definition) is 3. The van der Waals surface area contributed by atoms with Gasteiger partial charge in [-0.1, -0.05) is 6.07 Å². The Morgan fingerprint density at radius 3 is 2.60 bits per heavy atom. The summed E-state index contributed by atoms with van der Waals surface area (Å²) in [5.41, 5.74) is 0.349. The van der Waals surface area contributed by atoms with Crippen molar-refractivity contribution in [1.82, 2.24) is 9.47 Å². The first-order chi connectivity index (χ1) is 13.8. The number of carbonyl (C=O) groups excluding carboxylic acids is 1. The lowest BCUT2D eigenvalue weighted by atomic mass is 10.0. The van der Waals surface area contributed by atoms with E-state index in [1.54, 1.807) is 45.0 Å². The molecule has 2 atom stereocenters. The average Bonchev–Trinajstić information content (AvgIpc) is 2.90. The zero-order valence-electron chi connectivity index (χ0n) is 16.9. The molecule has 1 N–H and O–H groups in total. The van der Waals surface area contributed by atoms with E-state index in [-0.39, 0.29) is 6.54 Å². The molecule has 0 bridgehead atoms. The molecule has 3 rings (SSSR count). The smallest absolute Gasteiger partial charge is 0.410 e. The lowest BCUT2D eigenvalue weighted by molar-refractivity contribution is -0.140. The number of nitrogens with one attached hydrogen (secondary N) is 1. The second-order valence-corrected chi connectivity index (χ2v) is 9.49. The highest BCUT2D eigenvalue weighted by Gasteiger charge is 2.34. The lowest BCUT2D eigenvalue weighted by Crippen LogP contribution is -2.51. The molecule has 1 aliphatic rings. The molecule has 1 saturated heterocycles. The Morgan fingerprint density at radius 1 is 1.30 bits per heavy atom. The van der Waals surface area contributed by atoms with E-state index in [2.05, 4.69) is 5.32 Å². The van der Waals surface area contributed by atoms with Gasteiger partial charge in [0, 0.05) is 17.6 Å². The number of hydrogen-bond donors (Lipinski definition) is 1. The molecule has 1 aromatic heterocycles. The maximum absolute atomic E-state index is 14.8. The number of halogens is 5. The van der Waals surface area contributed by atoms with Crippen LogP contribution in [-0.2, 0) is 11.3 Å². The number of ether oxygens (including phenoxy) is 1. The van der Waals surface area contributed by atoms with Crippen molar-refractivity contribution in [2.45, 2.75) is 57.7 Å². The highest BCUT2D eigenvalue weighted by atomic mass is 127. The molecule has 0 saturated carbocycles. The van der Waals surface area contributed by atoms with Crippen LogP contribution in [0.25, 0.3) is 10.9 Å². The van der Waals surface area contributed by atoms with E-state index in [1.165, 1.54) is 9.47 Å². The number of amides is 1. The van der Waals surface area contributed by atoms with Crippen molar-refractivity contribution < 1.29 is 27.1 Å². The molecule has 5 nitrogen and oxygen atoms in total. The molecule has 1 unspecified atom stereocenters. The Morgan fingerprint density at radius 2 is 2.00 bits per heavy atom. The van der Waals surface area contributed by atoms with Crippen molar-refractivity contribution in [1.29, 1.82) is 0 Å². The fourth-order valence-corrected chi connectivity index (χ4v) is 4.22. The van der Waals surface area contributed by atoms with Gasteiger partial charge in [-0.3, -0.25) is 0 Å². The number of likely N-dealkylation sites (tertiary alicyclic amines) is 1. The maximum Gasteiger partial charge on any atom is 0.410 e. The van der Waals surface area contributed by atoms with Crippen molar-refractivity contribution in [2.75, 3.05) is 18.4 Å². The molecule has 10 heteroatoms. The number of aromatic nitrogens is 1. The van der Waals surface area contributed by atoms with Crippen LogP contribution in [0.3, 0.4) is 0 Å².